The van der Waals surface area contributed by atoms with Gasteiger partial charge < -0.3 is 15.1 Å². The molecule has 1 heterocycles. The fraction of sp³-hybridized carbons (Fsp3) is 0.458. The van der Waals surface area contributed by atoms with Gasteiger partial charge in [-0.1, -0.05) is 32.9 Å². The Morgan fingerprint density at radius 1 is 1.03 bits per heavy atom. The van der Waals surface area contributed by atoms with E-state index in [1.165, 1.54) is 30.9 Å². The Morgan fingerprint density at radius 3 is 2.21 bits per heavy atom. The Kier molecular flexibility index (Phi) is 7.25. The molecule has 0 saturated carbocycles. The third-order valence-corrected chi connectivity index (χ3v) is 6.59. The van der Waals surface area contributed by atoms with Crippen molar-refractivity contribution in [3.63, 3.8) is 0 Å². The molecule has 1 saturated heterocycles. The summed E-state index contributed by atoms with van der Waals surface area (Å²) in [6.07, 6.45) is 0. The van der Waals surface area contributed by atoms with Gasteiger partial charge in [0.25, 0.3) is 0 Å². The highest BCUT2D eigenvalue weighted by molar-refractivity contribution is 8.00. The minimum Gasteiger partial charge on any atom is -0.360 e. The smallest absolute Gasteiger partial charge is 0.234 e. The van der Waals surface area contributed by atoms with Gasteiger partial charge in [0.1, 0.15) is 0 Å². The Hall–Kier alpha value is -1.98. The second kappa shape index (κ2) is 9.68. The minimum atomic E-state index is 0.0304. The van der Waals surface area contributed by atoms with Gasteiger partial charge in [-0.15, -0.1) is 11.8 Å². The summed E-state index contributed by atoms with van der Waals surface area (Å²) in [5.41, 5.74) is 3.56. The third-order valence-electron chi connectivity index (χ3n) is 5.58. The van der Waals surface area contributed by atoms with Gasteiger partial charge in [-0.05, 0) is 54.3 Å². The molecule has 0 aliphatic carbocycles. The number of hydrogen-bond donors (Lipinski definition) is 2. The van der Waals surface area contributed by atoms with Crippen LogP contribution in [0.15, 0.2) is 53.4 Å². The van der Waals surface area contributed by atoms with Crippen LogP contribution in [-0.2, 0) is 10.2 Å². The summed E-state index contributed by atoms with van der Waals surface area (Å²) in [6, 6.07) is 16.8. The van der Waals surface area contributed by atoms with Crippen molar-refractivity contribution in [3.8, 4) is 0 Å². The summed E-state index contributed by atoms with van der Waals surface area (Å²) in [7, 11) is 0. The summed E-state index contributed by atoms with van der Waals surface area (Å²) in [5.74, 6) is 0.445. The van der Waals surface area contributed by atoms with Gasteiger partial charge in [0, 0.05) is 16.3 Å². The van der Waals surface area contributed by atoms with Gasteiger partial charge in [0.15, 0.2) is 0 Å². The Balaban J connectivity index is 1.47. The number of quaternary nitrogens is 1. The number of carbonyl (C=O) groups excluding carboxylic acids is 1. The Labute approximate surface area is 179 Å². The molecule has 156 valence electrons. The maximum absolute atomic E-state index is 12.3. The summed E-state index contributed by atoms with van der Waals surface area (Å²) in [5, 5.41) is 3.01. The lowest BCUT2D eigenvalue weighted by atomic mass is 9.87. The molecule has 5 heteroatoms. The van der Waals surface area contributed by atoms with Gasteiger partial charge >= 0.3 is 0 Å². The van der Waals surface area contributed by atoms with E-state index in [0.717, 1.165) is 23.7 Å². The number of likely N-dealkylation sites (N-methyl/N-ethyl adjacent to an activating group) is 1. The van der Waals surface area contributed by atoms with Crippen molar-refractivity contribution in [1.29, 1.82) is 0 Å². The van der Waals surface area contributed by atoms with Crippen LogP contribution in [0.4, 0.5) is 11.4 Å². The zero-order valence-corrected chi connectivity index (χ0v) is 18.9. The first kappa shape index (κ1) is 21.7. The molecule has 0 unspecified atom stereocenters. The second-order valence-electron chi connectivity index (χ2n) is 8.75. The number of nitrogens with zero attached hydrogens (tertiary/aromatic N) is 1. The summed E-state index contributed by atoms with van der Waals surface area (Å²) < 4.78 is 0. The Bertz CT molecular complexity index is 788. The van der Waals surface area contributed by atoms with E-state index >= 15 is 0 Å². The largest absolute Gasteiger partial charge is 0.360 e. The molecule has 0 radical (unpaired) electrons. The first-order valence-corrected chi connectivity index (χ1v) is 11.6. The van der Waals surface area contributed by atoms with Gasteiger partial charge in [0.05, 0.1) is 38.5 Å². The fourth-order valence-electron chi connectivity index (χ4n) is 3.59. The molecule has 2 N–H and O–H groups in total. The van der Waals surface area contributed by atoms with Crippen molar-refractivity contribution in [2.24, 2.45) is 0 Å². The lowest BCUT2D eigenvalue weighted by Crippen LogP contribution is -3.14. The van der Waals surface area contributed by atoms with Gasteiger partial charge in [-0.2, -0.15) is 0 Å². The molecular weight excluding hydrogens is 378 g/mol. The number of rotatable bonds is 6. The van der Waals surface area contributed by atoms with Crippen LogP contribution >= 0.6 is 11.8 Å². The van der Waals surface area contributed by atoms with E-state index in [-0.39, 0.29) is 11.3 Å². The number of thioether (sulfide) groups is 1. The monoisotopic (exact) mass is 412 g/mol. The lowest BCUT2D eigenvalue weighted by Gasteiger charge is -2.33. The van der Waals surface area contributed by atoms with Gasteiger partial charge in [-0.3, -0.25) is 4.79 Å². The van der Waals surface area contributed by atoms with Crippen molar-refractivity contribution in [2.75, 3.05) is 48.7 Å². The number of nitrogens with one attached hydrogen (secondary N) is 2. The molecule has 1 amide bonds. The zero-order chi connectivity index (χ0) is 20.9. The van der Waals surface area contributed by atoms with Crippen LogP contribution < -0.4 is 15.1 Å². The van der Waals surface area contributed by atoms with Crippen LogP contribution in [0.5, 0.6) is 0 Å². The molecular formula is C24H34N3OS+. The number of amides is 1. The van der Waals surface area contributed by atoms with E-state index < -0.39 is 0 Å². The minimum absolute atomic E-state index is 0.0304. The molecule has 2 aromatic carbocycles. The molecule has 0 atom stereocenters. The van der Waals surface area contributed by atoms with E-state index in [9.17, 15) is 4.79 Å². The Morgan fingerprint density at radius 2 is 1.66 bits per heavy atom. The number of benzene rings is 2. The first-order chi connectivity index (χ1) is 13.8. The molecule has 0 bridgehead atoms. The van der Waals surface area contributed by atoms with Crippen LogP contribution in [0.2, 0.25) is 0 Å². The molecule has 1 aliphatic heterocycles. The topological polar surface area (TPSA) is 36.8 Å². The maximum atomic E-state index is 12.3. The highest BCUT2D eigenvalue weighted by atomic mass is 32.2. The number of piperazine rings is 1. The van der Waals surface area contributed by atoms with E-state index in [2.05, 4.69) is 74.3 Å². The molecule has 0 aromatic heterocycles. The summed E-state index contributed by atoms with van der Waals surface area (Å²) in [6.45, 7) is 14.7. The standard InChI is InChI=1S/C24H33N3OS/c1-5-26-14-16-27(17-15-26)21-10-8-20(9-11-21)25-23(28)18-29-22-12-6-19(7-13-22)24(2,3)4/h6-13H,5,14-18H2,1-4H3,(H,25,28)/p+1. The van der Waals surface area contributed by atoms with E-state index in [1.807, 2.05) is 12.1 Å². The van der Waals surface area contributed by atoms with Crippen LogP contribution in [0.1, 0.15) is 33.3 Å². The predicted octanol–water partition coefficient (Wildman–Crippen LogP) is 3.44. The molecule has 3 rings (SSSR count). The van der Waals surface area contributed by atoms with Gasteiger partial charge in [-0.25, -0.2) is 0 Å². The quantitative estimate of drug-likeness (QED) is 0.714. The van der Waals surface area contributed by atoms with Crippen molar-refractivity contribution in [1.82, 2.24) is 0 Å². The van der Waals surface area contributed by atoms with Crippen LogP contribution in [0.25, 0.3) is 0 Å². The normalized spacial score (nSPS) is 15.4. The molecule has 4 nitrogen and oxygen atoms in total. The molecule has 2 aromatic rings. The SMILES string of the molecule is CC[NH+]1CCN(c2ccc(NC(=O)CSc3ccc(C(C)(C)C)cc3)cc2)CC1. The third kappa shape index (κ3) is 6.25. The highest BCUT2D eigenvalue weighted by Gasteiger charge is 2.18. The second-order valence-corrected chi connectivity index (χ2v) is 9.80. The molecule has 29 heavy (non-hydrogen) atoms. The molecule has 1 fully saturated rings. The molecule has 1 aliphatic rings. The van der Waals surface area contributed by atoms with Crippen LogP contribution in [0, 0.1) is 0 Å². The van der Waals surface area contributed by atoms with E-state index in [0.29, 0.717) is 5.75 Å². The van der Waals surface area contributed by atoms with Crippen molar-refractivity contribution >= 4 is 29.0 Å². The van der Waals surface area contributed by atoms with Crippen LogP contribution in [0.3, 0.4) is 0 Å². The van der Waals surface area contributed by atoms with E-state index in [4.69, 9.17) is 0 Å². The number of hydrogen-bond acceptors (Lipinski definition) is 3. The number of carbonyl (C=O) groups is 1. The maximum Gasteiger partial charge on any atom is 0.234 e. The summed E-state index contributed by atoms with van der Waals surface area (Å²) >= 11 is 1.57. The zero-order valence-electron chi connectivity index (χ0n) is 18.1. The average Bonchev–Trinajstić information content (AvgIpc) is 2.72. The summed E-state index contributed by atoms with van der Waals surface area (Å²) in [4.78, 5) is 17.6. The van der Waals surface area contributed by atoms with Crippen molar-refractivity contribution < 1.29 is 9.69 Å². The first-order valence-electron chi connectivity index (χ1n) is 10.6. The van der Waals surface area contributed by atoms with Gasteiger partial charge in [0.2, 0.25) is 5.91 Å². The highest BCUT2D eigenvalue weighted by Crippen LogP contribution is 2.26. The molecule has 0 spiro atoms. The number of anilines is 2. The van der Waals surface area contributed by atoms with Crippen molar-refractivity contribution in [3.05, 3.63) is 54.1 Å². The van der Waals surface area contributed by atoms with Crippen molar-refractivity contribution in [2.45, 2.75) is 38.0 Å². The van der Waals surface area contributed by atoms with Crippen LogP contribution in [-0.4, -0.2) is 44.4 Å². The van der Waals surface area contributed by atoms with E-state index in [1.54, 1.807) is 16.7 Å². The lowest BCUT2D eigenvalue weighted by molar-refractivity contribution is -0.898. The predicted molar refractivity (Wildman–Crippen MR) is 124 cm³/mol. The fourth-order valence-corrected chi connectivity index (χ4v) is 4.29. The average molecular weight is 413 g/mol.